The van der Waals surface area contributed by atoms with Crippen molar-refractivity contribution in [3.63, 3.8) is 0 Å². The van der Waals surface area contributed by atoms with E-state index >= 15 is 0 Å². The SMILES string of the molecule is CCc1nnc(CN2CCN(Cc3ccc(Cl)cc3)CC2)o1. The molecule has 118 valence electrons. The van der Waals surface area contributed by atoms with Gasteiger partial charge in [0.2, 0.25) is 11.8 Å². The fourth-order valence-corrected chi connectivity index (χ4v) is 2.77. The number of nitrogens with zero attached hydrogens (tertiary/aromatic N) is 4. The summed E-state index contributed by atoms with van der Waals surface area (Å²) in [5.41, 5.74) is 1.31. The lowest BCUT2D eigenvalue weighted by atomic mass is 10.2. The summed E-state index contributed by atoms with van der Waals surface area (Å²) in [5.74, 6) is 1.44. The average Bonchev–Trinajstić information content (AvgIpc) is 2.99. The number of hydrogen-bond donors (Lipinski definition) is 0. The van der Waals surface area contributed by atoms with Gasteiger partial charge in [-0.15, -0.1) is 10.2 Å². The number of aromatic nitrogens is 2. The van der Waals surface area contributed by atoms with E-state index in [4.69, 9.17) is 16.0 Å². The van der Waals surface area contributed by atoms with Crippen LogP contribution in [-0.2, 0) is 19.5 Å². The maximum absolute atomic E-state index is 5.92. The molecule has 0 amide bonds. The average molecular weight is 321 g/mol. The lowest BCUT2D eigenvalue weighted by molar-refractivity contribution is 0.114. The minimum absolute atomic E-state index is 0.719. The van der Waals surface area contributed by atoms with E-state index in [0.29, 0.717) is 0 Å². The van der Waals surface area contributed by atoms with Crippen molar-refractivity contribution in [1.29, 1.82) is 0 Å². The molecular weight excluding hydrogens is 300 g/mol. The Morgan fingerprint density at radius 3 is 2.14 bits per heavy atom. The molecule has 1 saturated heterocycles. The Morgan fingerprint density at radius 1 is 0.955 bits per heavy atom. The lowest BCUT2D eigenvalue weighted by Gasteiger charge is -2.33. The van der Waals surface area contributed by atoms with Crippen LogP contribution in [0.15, 0.2) is 28.7 Å². The van der Waals surface area contributed by atoms with Crippen molar-refractivity contribution in [1.82, 2.24) is 20.0 Å². The largest absolute Gasteiger partial charge is 0.424 e. The number of hydrogen-bond acceptors (Lipinski definition) is 5. The molecule has 0 N–H and O–H groups in total. The second kappa shape index (κ2) is 7.22. The first kappa shape index (κ1) is 15.5. The van der Waals surface area contributed by atoms with Crippen molar-refractivity contribution in [2.75, 3.05) is 26.2 Å². The molecular formula is C16H21ClN4O. The summed E-state index contributed by atoms with van der Waals surface area (Å²) < 4.78 is 5.58. The van der Waals surface area contributed by atoms with Crippen LogP contribution in [0.25, 0.3) is 0 Å². The zero-order chi connectivity index (χ0) is 15.4. The predicted octanol–water partition coefficient (Wildman–Crippen LogP) is 2.60. The van der Waals surface area contributed by atoms with Crippen molar-refractivity contribution in [3.05, 3.63) is 46.6 Å². The highest BCUT2D eigenvalue weighted by molar-refractivity contribution is 6.30. The lowest BCUT2D eigenvalue weighted by Crippen LogP contribution is -2.45. The highest BCUT2D eigenvalue weighted by atomic mass is 35.5. The van der Waals surface area contributed by atoms with E-state index in [1.807, 2.05) is 19.1 Å². The molecule has 1 fully saturated rings. The molecule has 3 rings (SSSR count). The van der Waals surface area contributed by atoms with E-state index < -0.39 is 0 Å². The second-order valence-corrected chi connectivity index (χ2v) is 6.06. The Hall–Kier alpha value is -1.43. The highest BCUT2D eigenvalue weighted by Gasteiger charge is 2.19. The zero-order valence-electron chi connectivity index (χ0n) is 12.8. The summed E-state index contributed by atoms with van der Waals surface area (Å²) in [4.78, 5) is 4.83. The molecule has 0 saturated carbocycles. The van der Waals surface area contributed by atoms with Crippen molar-refractivity contribution >= 4 is 11.6 Å². The van der Waals surface area contributed by atoms with E-state index in [1.165, 1.54) is 5.56 Å². The quantitative estimate of drug-likeness (QED) is 0.847. The third-order valence-corrected chi connectivity index (χ3v) is 4.21. The van der Waals surface area contributed by atoms with Crippen LogP contribution in [0, 0.1) is 0 Å². The Morgan fingerprint density at radius 2 is 1.55 bits per heavy atom. The molecule has 22 heavy (non-hydrogen) atoms. The van der Waals surface area contributed by atoms with E-state index in [9.17, 15) is 0 Å². The van der Waals surface area contributed by atoms with Gasteiger partial charge in [0.1, 0.15) is 0 Å². The molecule has 2 aromatic rings. The molecule has 1 aromatic carbocycles. The summed E-state index contributed by atoms with van der Waals surface area (Å²) in [6.07, 6.45) is 0.794. The van der Waals surface area contributed by atoms with Crippen LogP contribution in [0.5, 0.6) is 0 Å². The third kappa shape index (κ3) is 4.06. The van der Waals surface area contributed by atoms with Gasteiger partial charge >= 0.3 is 0 Å². The van der Waals surface area contributed by atoms with Crippen LogP contribution < -0.4 is 0 Å². The molecule has 6 heteroatoms. The number of halogens is 1. The first-order chi connectivity index (χ1) is 10.7. The van der Waals surface area contributed by atoms with Gasteiger partial charge < -0.3 is 4.42 Å². The minimum Gasteiger partial charge on any atom is -0.424 e. The Kier molecular flexibility index (Phi) is 5.08. The fraction of sp³-hybridized carbons (Fsp3) is 0.500. The van der Waals surface area contributed by atoms with Crippen LogP contribution in [0.4, 0.5) is 0 Å². The van der Waals surface area contributed by atoms with Gasteiger partial charge in [0.05, 0.1) is 6.54 Å². The topological polar surface area (TPSA) is 45.4 Å². The third-order valence-electron chi connectivity index (χ3n) is 3.95. The van der Waals surface area contributed by atoms with E-state index in [1.54, 1.807) is 0 Å². The summed E-state index contributed by atoms with van der Waals surface area (Å²) in [6, 6.07) is 8.10. The van der Waals surface area contributed by atoms with Crippen LogP contribution in [-0.4, -0.2) is 46.2 Å². The molecule has 1 aliphatic rings. The van der Waals surface area contributed by atoms with E-state index in [-0.39, 0.29) is 0 Å². The smallest absolute Gasteiger partial charge is 0.230 e. The second-order valence-electron chi connectivity index (χ2n) is 5.62. The Labute approximate surface area is 135 Å². The zero-order valence-corrected chi connectivity index (χ0v) is 13.6. The number of aryl methyl sites for hydroxylation is 1. The fourth-order valence-electron chi connectivity index (χ4n) is 2.64. The minimum atomic E-state index is 0.719. The monoisotopic (exact) mass is 320 g/mol. The standard InChI is InChI=1S/C16H21ClN4O/c1-2-15-18-19-16(22-15)12-21-9-7-20(8-10-21)11-13-3-5-14(17)6-4-13/h3-6H,2,7-12H2,1H3. The van der Waals surface area contributed by atoms with Gasteiger partial charge in [0.25, 0.3) is 0 Å². The van der Waals surface area contributed by atoms with Gasteiger partial charge in [0.15, 0.2) is 0 Å². The molecule has 2 heterocycles. The molecule has 0 spiro atoms. The maximum atomic E-state index is 5.92. The maximum Gasteiger partial charge on any atom is 0.230 e. The van der Waals surface area contributed by atoms with Crippen LogP contribution in [0.2, 0.25) is 5.02 Å². The van der Waals surface area contributed by atoms with Crippen molar-refractivity contribution in [3.8, 4) is 0 Å². The van der Waals surface area contributed by atoms with Crippen LogP contribution in [0.3, 0.4) is 0 Å². The summed E-state index contributed by atoms with van der Waals surface area (Å²) in [5, 5.41) is 8.90. The highest BCUT2D eigenvalue weighted by Crippen LogP contribution is 2.14. The molecule has 0 aliphatic carbocycles. The number of benzene rings is 1. The van der Waals surface area contributed by atoms with Gasteiger partial charge in [-0.3, -0.25) is 9.80 Å². The van der Waals surface area contributed by atoms with E-state index in [0.717, 1.165) is 62.5 Å². The molecule has 5 nitrogen and oxygen atoms in total. The molecule has 1 aromatic heterocycles. The molecule has 0 unspecified atom stereocenters. The van der Waals surface area contributed by atoms with Gasteiger partial charge in [-0.1, -0.05) is 30.7 Å². The Balaban J connectivity index is 1.46. The predicted molar refractivity (Wildman–Crippen MR) is 85.7 cm³/mol. The van der Waals surface area contributed by atoms with Gasteiger partial charge in [0, 0.05) is 44.2 Å². The van der Waals surface area contributed by atoms with Gasteiger partial charge in [-0.25, -0.2) is 0 Å². The summed E-state index contributed by atoms with van der Waals surface area (Å²) in [7, 11) is 0. The van der Waals surface area contributed by atoms with Crippen LogP contribution >= 0.6 is 11.6 Å². The summed E-state index contributed by atoms with van der Waals surface area (Å²) >= 11 is 5.92. The molecule has 0 atom stereocenters. The van der Waals surface area contributed by atoms with Gasteiger partial charge in [-0.05, 0) is 17.7 Å². The summed E-state index contributed by atoms with van der Waals surface area (Å²) in [6.45, 7) is 7.91. The molecule has 0 bridgehead atoms. The van der Waals surface area contributed by atoms with Crippen molar-refractivity contribution < 1.29 is 4.42 Å². The molecule has 1 aliphatic heterocycles. The van der Waals surface area contributed by atoms with Crippen molar-refractivity contribution in [2.24, 2.45) is 0 Å². The number of rotatable bonds is 5. The van der Waals surface area contributed by atoms with Crippen LogP contribution in [0.1, 0.15) is 24.3 Å². The van der Waals surface area contributed by atoms with Crippen molar-refractivity contribution in [2.45, 2.75) is 26.4 Å². The first-order valence-corrected chi connectivity index (χ1v) is 8.11. The Bertz CT molecular complexity index is 590. The number of piperazine rings is 1. The van der Waals surface area contributed by atoms with Gasteiger partial charge in [-0.2, -0.15) is 0 Å². The normalized spacial score (nSPS) is 17.0. The van der Waals surface area contributed by atoms with E-state index in [2.05, 4.69) is 32.1 Å². The first-order valence-electron chi connectivity index (χ1n) is 7.73. The molecule has 0 radical (unpaired) electrons.